The van der Waals surface area contributed by atoms with Crippen molar-refractivity contribution in [3.05, 3.63) is 6.20 Å². The predicted octanol–water partition coefficient (Wildman–Crippen LogP) is 0.299. The molecule has 0 aromatic carbocycles. The Morgan fingerprint density at radius 2 is 2.44 bits per heavy atom. The number of likely N-dealkylation sites (tertiary alicyclic amines) is 1. The second-order valence-corrected chi connectivity index (χ2v) is 4.86. The van der Waals surface area contributed by atoms with Gasteiger partial charge in [0, 0.05) is 13.1 Å². The molecule has 96 valence electrons. The highest BCUT2D eigenvalue weighted by Crippen LogP contribution is 2.20. The Balaban J connectivity index is 1.75. The third kappa shape index (κ3) is 2.08. The van der Waals surface area contributed by atoms with E-state index in [0.717, 1.165) is 24.3 Å². The van der Waals surface area contributed by atoms with Crippen LogP contribution in [0.4, 0.5) is 11.8 Å². The van der Waals surface area contributed by atoms with Crippen molar-refractivity contribution in [2.45, 2.75) is 6.42 Å². The van der Waals surface area contributed by atoms with Crippen LogP contribution in [0.2, 0.25) is 0 Å². The Labute approximate surface area is 105 Å². The van der Waals surface area contributed by atoms with Crippen LogP contribution in [0.25, 0.3) is 11.0 Å². The number of nitrogens with zero attached hydrogens (tertiary/aromatic N) is 4. The molecule has 1 unspecified atom stereocenters. The molecule has 0 aliphatic carbocycles. The summed E-state index contributed by atoms with van der Waals surface area (Å²) >= 11 is 0. The van der Waals surface area contributed by atoms with Crippen LogP contribution in [-0.4, -0.2) is 51.7 Å². The number of aromatic amines is 1. The largest absolute Gasteiger partial charge is 0.369 e. The predicted molar refractivity (Wildman–Crippen MR) is 70.2 cm³/mol. The van der Waals surface area contributed by atoms with Crippen molar-refractivity contribution in [1.82, 2.24) is 25.1 Å². The second-order valence-electron chi connectivity index (χ2n) is 4.86. The van der Waals surface area contributed by atoms with Crippen molar-refractivity contribution in [3.8, 4) is 0 Å². The van der Waals surface area contributed by atoms with E-state index in [9.17, 15) is 0 Å². The lowest BCUT2D eigenvalue weighted by atomic mass is 10.1. The molecule has 1 aliphatic rings. The molecule has 3 rings (SSSR count). The number of nitrogens with two attached hydrogens (primary N) is 1. The van der Waals surface area contributed by atoms with E-state index in [4.69, 9.17) is 5.73 Å². The van der Waals surface area contributed by atoms with Crippen molar-refractivity contribution in [2.75, 3.05) is 37.7 Å². The summed E-state index contributed by atoms with van der Waals surface area (Å²) in [6.45, 7) is 3.20. The smallest absolute Gasteiger partial charge is 0.224 e. The molecule has 3 heterocycles. The summed E-state index contributed by atoms with van der Waals surface area (Å²) in [4.78, 5) is 10.7. The van der Waals surface area contributed by atoms with Gasteiger partial charge in [-0.25, -0.2) is 0 Å². The molecule has 1 atom stereocenters. The molecule has 2 aromatic rings. The molecule has 0 spiro atoms. The Morgan fingerprint density at radius 1 is 1.56 bits per heavy atom. The van der Waals surface area contributed by atoms with Crippen LogP contribution in [0.1, 0.15) is 6.42 Å². The summed E-state index contributed by atoms with van der Waals surface area (Å²) in [6.07, 6.45) is 2.94. The highest BCUT2D eigenvalue weighted by molar-refractivity contribution is 5.86. The highest BCUT2D eigenvalue weighted by Gasteiger charge is 2.19. The second kappa shape index (κ2) is 4.41. The van der Waals surface area contributed by atoms with Gasteiger partial charge in [0.2, 0.25) is 5.95 Å². The Bertz CT molecular complexity index is 549. The zero-order valence-corrected chi connectivity index (χ0v) is 10.3. The van der Waals surface area contributed by atoms with E-state index in [1.807, 2.05) is 0 Å². The van der Waals surface area contributed by atoms with E-state index in [-0.39, 0.29) is 5.95 Å². The van der Waals surface area contributed by atoms with Crippen LogP contribution >= 0.6 is 0 Å². The Hall–Kier alpha value is -1.89. The lowest BCUT2D eigenvalue weighted by Crippen LogP contribution is -2.19. The van der Waals surface area contributed by atoms with Gasteiger partial charge in [0.15, 0.2) is 5.65 Å². The number of anilines is 2. The summed E-state index contributed by atoms with van der Waals surface area (Å²) in [6, 6.07) is 0. The van der Waals surface area contributed by atoms with Gasteiger partial charge in [-0.1, -0.05) is 0 Å². The van der Waals surface area contributed by atoms with E-state index in [0.29, 0.717) is 11.6 Å². The van der Waals surface area contributed by atoms with Gasteiger partial charge in [-0.2, -0.15) is 15.1 Å². The number of hydrogen-bond donors (Lipinski definition) is 3. The summed E-state index contributed by atoms with van der Waals surface area (Å²) in [5.74, 6) is 1.69. The van der Waals surface area contributed by atoms with Gasteiger partial charge in [0.25, 0.3) is 0 Å². The third-order valence-electron chi connectivity index (χ3n) is 3.37. The quantitative estimate of drug-likeness (QED) is 0.722. The van der Waals surface area contributed by atoms with Gasteiger partial charge in [-0.3, -0.25) is 5.10 Å². The molecule has 1 fully saturated rings. The molecule has 4 N–H and O–H groups in total. The van der Waals surface area contributed by atoms with Gasteiger partial charge in [-0.15, -0.1) is 0 Å². The van der Waals surface area contributed by atoms with E-state index in [1.54, 1.807) is 6.20 Å². The number of H-pyrrole nitrogens is 1. The minimum Gasteiger partial charge on any atom is -0.369 e. The fourth-order valence-electron chi connectivity index (χ4n) is 2.42. The Kier molecular flexibility index (Phi) is 2.75. The first-order chi connectivity index (χ1) is 8.72. The minimum atomic E-state index is 0.262. The molecular weight excluding hydrogens is 230 g/mol. The van der Waals surface area contributed by atoms with E-state index < -0.39 is 0 Å². The lowest BCUT2D eigenvalue weighted by molar-refractivity contribution is 0.399. The molecule has 7 nitrogen and oxygen atoms in total. The average molecular weight is 247 g/mol. The van der Waals surface area contributed by atoms with E-state index in [1.165, 1.54) is 13.0 Å². The molecule has 7 heteroatoms. The normalized spacial score (nSPS) is 20.6. The third-order valence-corrected chi connectivity index (χ3v) is 3.37. The zero-order chi connectivity index (χ0) is 12.5. The topological polar surface area (TPSA) is 95.7 Å². The van der Waals surface area contributed by atoms with Crippen molar-refractivity contribution in [2.24, 2.45) is 5.92 Å². The zero-order valence-electron chi connectivity index (χ0n) is 10.3. The molecule has 0 saturated carbocycles. The number of nitrogens with one attached hydrogen (secondary N) is 2. The van der Waals surface area contributed by atoms with Crippen molar-refractivity contribution >= 4 is 22.8 Å². The van der Waals surface area contributed by atoms with Crippen LogP contribution in [0.15, 0.2) is 6.20 Å². The molecular formula is C11H17N7. The van der Waals surface area contributed by atoms with Crippen LogP contribution in [0, 0.1) is 5.92 Å². The SMILES string of the molecule is CN1CCC(CNc2nc(N)nc3[nH]ncc23)C1. The van der Waals surface area contributed by atoms with Crippen LogP contribution in [0.5, 0.6) is 0 Å². The van der Waals surface area contributed by atoms with Gasteiger partial charge in [-0.05, 0) is 25.9 Å². The maximum absolute atomic E-state index is 5.67. The fraction of sp³-hybridized carbons (Fsp3) is 0.545. The molecule has 0 amide bonds. The lowest BCUT2D eigenvalue weighted by Gasteiger charge is -2.12. The van der Waals surface area contributed by atoms with E-state index >= 15 is 0 Å². The number of hydrogen-bond acceptors (Lipinski definition) is 6. The fourth-order valence-corrected chi connectivity index (χ4v) is 2.42. The summed E-state index contributed by atoms with van der Waals surface area (Å²) in [5.41, 5.74) is 6.35. The first kappa shape index (κ1) is 11.2. The van der Waals surface area contributed by atoms with Gasteiger partial charge in [0.05, 0.1) is 11.6 Å². The monoisotopic (exact) mass is 247 g/mol. The van der Waals surface area contributed by atoms with Crippen molar-refractivity contribution in [1.29, 1.82) is 0 Å². The number of rotatable bonds is 3. The molecule has 0 radical (unpaired) electrons. The maximum atomic E-state index is 5.67. The standard InChI is InChI=1S/C11H17N7/c1-18-3-2-7(6-18)4-13-9-8-5-14-17-10(8)16-11(12)15-9/h5,7H,2-4,6H2,1H3,(H4,12,13,14,15,16,17). The minimum absolute atomic E-state index is 0.262. The van der Waals surface area contributed by atoms with Gasteiger partial charge >= 0.3 is 0 Å². The summed E-state index contributed by atoms with van der Waals surface area (Å²) in [5, 5.41) is 11.0. The first-order valence-electron chi connectivity index (χ1n) is 6.11. The van der Waals surface area contributed by atoms with Crippen LogP contribution < -0.4 is 11.1 Å². The molecule has 18 heavy (non-hydrogen) atoms. The van der Waals surface area contributed by atoms with Crippen molar-refractivity contribution < 1.29 is 0 Å². The first-order valence-corrected chi connectivity index (χ1v) is 6.11. The number of nitrogen functional groups attached to an aromatic ring is 1. The van der Waals surface area contributed by atoms with Crippen LogP contribution in [-0.2, 0) is 0 Å². The summed E-state index contributed by atoms with van der Waals surface area (Å²) in [7, 11) is 2.15. The van der Waals surface area contributed by atoms with Crippen LogP contribution in [0.3, 0.4) is 0 Å². The summed E-state index contributed by atoms with van der Waals surface area (Å²) < 4.78 is 0. The van der Waals surface area contributed by atoms with Crippen molar-refractivity contribution in [3.63, 3.8) is 0 Å². The number of fused-ring (bicyclic) bond motifs is 1. The average Bonchev–Trinajstić information content (AvgIpc) is 2.94. The molecule has 2 aromatic heterocycles. The van der Waals surface area contributed by atoms with Gasteiger partial charge < -0.3 is 16.0 Å². The molecule has 1 saturated heterocycles. The molecule has 1 aliphatic heterocycles. The number of aromatic nitrogens is 4. The van der Waals surface area contributed by atoms with E-state index in [2.05, 4.69) is 37.4 Å². The maximum Gasteiger partial charge on any atom is 0.224 e. The Morgan fingerprint density at radius 3 is 3.22 bits per heavy atom. The highest BCUT2D eigenvalue weighted by atomic mass is 15.2. The van der Waals surface area contributed by atoms with Gasteiger partial charge in [0.1, 0.15) is 5.82 Å². The molecule has 0 bridgehead atoms.